The van der Waals surface area contributed by atoms with Crippen molar-refractivity contribution >= 4 is 17.2 Å². The van der Waals surface area contributed by atoms with Gasteiger partial charge in [-0.05, 0) is 49.1 Å². The minimum absolute atomic E-state index is 0.133. The summed E-state index contributed by atoms with van der Waals surface area (Å²) in [7, 11) is 0. The summed E-state index contributed by atoms with van der Waals surface area (Å²) in [6.45, 7) is 0. The lowest BCUT2D eigenvalue weighted by Crippen LogP contribution is -2.43. The molecular formula is C15H22N2OS. The summed E-state index contributed by atoms with van der Waals surface area (Å²) in [5.41, 5.74) is 7.38. The quantitative estimate of drug-likeness (QED) is 0.893. The lowest BCUT2D eigenvalue weighted by Gasteiger charge is -2.27. The molecule has 0 aromatic carbocycles. The molecule has 19 heavy (non-hydrogen) atoms. The summed E-state index contributed by atoms with van der Waals surface area (Å²) < 4.78 is 0. The number of rotatable bonds is 3. The highest BCUT2D eigenvalue weighted by molar-refractivity contribution is 7.10. The van der Waals surface area contributed by atoms with E-state index in [1.165, 1.54) is 36.1 Å². The van der Waals surface area contributed by atoms with E-state index in [1.807, 2.05) is 11.3 Å². The third-order valence-corrected chi connectivity index (χ3v) is 5.50. The molecule has 2 aliphatic carbocycles. The molecule has 0 bridgehead atoms. The smallest absolute Gasteiger partial charge is 0.222 e. The van der Waals surface area contributed by atoms with Crippen molar-refractivity contribution in [1.82, 2.24) is 5.32 Å². The number of hydrogen-bond donors (Lipinski definition) is 2. The second-order valence-corrected chi connectivity index (χ2v) is 7.06. The molecule has 1 atom stereocenters. The van der Waals surface area contributed by atoms with Crippen LogP contribution in [0.4, 0.5) is 0 Å². The normalized spacial score (nSPS) is 25.0. The number of fused-ring (bicyclic) bond motifs is 1. The lowest BCUT2D eigenvalue weighted by molar-refractivity contribution is -0.123. The zero-order valence-electron chi connectivity index (χ0n) is 11.3. The van der Waals surface area contributed by atoms with Gasteiger partial charge in [-0.1, -0.05) is 12.8 Å². The minimum atomic E-state index is -0.240. The first kappa shape index (κ1) is 13.1. The second kappa shape index (κ2) is 5.25. The monoisotopic (exact) mass is 278 g/mol. The lowest BCUT2D eigenvalue weighted by atomic mass is 9.91. The summed E-state index contributed by atoms with van der Waals surface area (Å²) in [6.07, 6.45) is 8.22. The number of nitrogens with two attached hydrogens (primary N) is 1. The number of carbonyl (C=O) groups excluding carboxylic acids is 1. The zero-order chi connectivity index (χ0) is 13.3. The Morgan fingerprint density at radius 3 is 3.00 bits per heavy atom. The number of hydrogen-bond acceptors (Lipinski definition) is 3. The van der Waals surface area contributed by atoms with Crippen molar-refractivity contribution in [2.75, 3.05) is 0 Å². The molecule has 1 aromatic rings. The summed E-state index contributed by atoms with van der Waals surface area (Å²) in [5.74, 6) is 0.133. The molecule has 104 valence electrons. The van der Waals surface area contributed by atoms with Gasteiger partial charge in [-0.2, -0.15) is 0 Å². The van der Waals surface area contributed by atoms with Crippen LogP contribution in [0.1, 0.15) is 61.4 Å². The fourth-order valence-corrected chi connectivity index (χ4v) is 4.44. The summed E-state index contributed by atoms with van der Waals surface area (Å²) in [5, 5.41) is 5.34. The van der Waals surface area contributed by atoms with E-state index in [0.29, 0.717) is 6.42 Å². The molecule has 0 spiro atoms. The van der Waals surface area contributed by atoms with Gasteiger partial charge in [0.2, 0.25) is 5.91 Å². The maximum absolute atomic E-state index is 12.2. The van der Waals surface area contributed by atoms with E-state index in [-0.39, 0.29) is 17.5 Å². The van der Waals surface area contributed by atoms with E-state index in [0.717, 1.165) is 19.3 Å². The Morgan fingerprint density at radius 2 is 2.21 bits per heavy atom. The number of aryl methyl sites for hydroxylation is 1. The van der Waals surface area contributed by atoms with E-state index < -0.39 is 0 Å². The van der Waals surface area contributed by atoms with E-state index in [9.17, 15) is 4.79 Å². The Labute approximate surface area is 118 Å². The average Bonchev–Trinajstić information content (AvgIpc) is 2.98. The fraction of sp³-hybridized carbons (Fsp3) is 0.667. The molecule has 1 saturated carbocycles. The summed E-state index contributed by atoms with van der Waals surface area (Å²) >= 11 is 1.81. The van der Waals surface area contributed by atoms with Crippen LogP contribution in [0.3, 0.4) is 0 Å². The first-order valence-corrected chi connectivity index (χ1v) is 8.19. The van der Waals surface area contributed by atoms with Crippen LogP contribution in [0.15, 0.2) is 11.4 Å². The van der Waals surface area contributed by atoms with Crippen LogP contribution in [-0.4, -0.2) is 11.4 Å². The van der Waals surface area contributed by atoms with Gasteiger partial charge in [0.25, 0.3) is 0 Å². The molecule has 3 N–H and O–H groups in total. The molecule has 1 unspecified atom stereocenters. The van der Waals surface area contributed by atoms with Gasteiger partial charge in [-0.25, -0.2) is 0 Å². The summed E-state index contributed by atoms with van der Waals surface area (Å²) in [6, 6.07) is 2.38. The highest BCUT2D eigenvalue weighted by Crippen LogP contribution is 2.34. The third-order valence-electron chi connectivity index (χ3n) is 4.50. The molecule has 1 aromatic heterocycles. The highest BCUT2D eigenvalue weighted by atomic mass is 32.1. The molecule has 0 aliphatic heterocycles. The predicted molar refractivity (Wildman–Crippen MR) is 78.1 cm³/mol. The van der Waals surface area contributed by atoms with Crippen molar-refractivity contribution < 1.29 is 4.79 Å². The molecule has 0 saturated heterocycles. The van der Waals surface area contributed by atoms with Gasteiger partial charge in [0.15, 0.2) is 0 Å². The Hall–Kier alpha value is -0.870. The van der Waals surface area contributed by atoms with Crippen LogP contribution in [-0.2, 0) is 11.2 Å². The van der Waals surface area contributed by atoms with Gasteiger partial charge in [-0.15, -0.1) is 11.3 Å². The maximum Gasteiger partial charge on any atom is 0.222 e. The van der Waals surface area contributed by atoms with Crippen LogP contribution in [0.5, 0.6) is 0 Å². The number of amides is 1. The maximum atomic E-state index is 12.2. The van der Waals surface area contributed by atoms with Gasteiger partial charge in [0, 0.05) is 16.8 Å². The van der Waals surface area contributed by atoms with E-state index in [4.69, 9.17) is 5.73 Å². The first-order valence-electron chi connectivity index (χ1n) is 7.31. The van der Waals surface area contributed by atoms with Crippen LogP contribution >= 0.6 is 11.3 Å². The van der Waals surface area contributed by atoms with Gasteiger partial charge in [0.05, 0.1) is 6.04 Å². The molecule has 3 nitrogen and oxygen atoms in total. The largest absolute Gasteiger partial charge is 0.349 e. The van der Waals surface area contributed by atoms with Crippen molar-refractivity contribution in [2.45, 2.75) is 62.9 Å². The minimum Gasteiger partial charge on any atom is -0.349 e. The summed E-state index contributed by atoms with van der Waals surface area (Å²) in [4.78, 5) is 13.7. The Kier molecular flexibility index (Phi) is 3.63. The van der Waals surface area contributed by atoms with Gasteiger partial charge < -0.3 is 11.1 Å². The molecule has 4 heteroatoms. The van der Waals surface area contributed by atoms with Crippen LogP contribution in [0, 0.1) is 0 Å². The van der Waals surface area contributed by atoms with Gasteiger partial charge >= 0.3 is 0 Å². The molecule has 0 radical (unpaired) electrons. The SMILES string of the molecule is NC1(CC(=O)NC2CCCc3sccc32)CCCC1. The van der Waals surface area contributed by atoms with Crippen molar-refractivity contribution in [3.8, 4) is 0 Å². The predicted octanol–water partition coefficient (Wildman–Crippen LogP) is 2.90. The number of carbonyl (C=O) groups is 1. The molecule has 2 aliphatic rings. The third kappa shape index (κ3) is 2.84. The van der Waals surface area contributed by atoms with Gasteiger partial charge in [-0.3, -0.25) is 4.79 Å². The Balaban J connectivity index is 1.62. The van der Waals surface area contributed by atoms with Crippen molar-refractivity contribution in [3.63, 3.8) is 0 Å². The zero-order valence-corrected chi connectivity index (χ0v) is 12.1. The molecule has 1 fully saturated rings. The number of thiophene rings is 1. The number of nitrogens with one attached hydrogen (secondary N) is 1. The fourth-order valence-electron chi connectivity index (χ4n) is 3.46. The van der Waals surface area contributed by atoms with E-state index >= 15 is 0 Å². The first-order chi connectivity index (χ1) is 9.16. The topological polar surface area (TPSA) is 55.1 Å². The molecule has 1 heterocycles. The second-order valence-electron chi connectivity index (χ2n) is 6.06. The Morgan fingerprint density at radius 1 is 1.42 bits per heavy atom. The molecular weight excluding hydrogens is 256 g/mol. The molecule has 1 amide bonds. The van der Waals surface area contributed by atoms with Crippen molar-refractivity contribution in [2.24, 2.45) is 5.73 Å². The van der Waals surface area contributed by atoms with Gasteiger partial charge in [0.1, 0.15) is 0 Å². The highest BCUT2D eigenvalue weighted by Gasteiger charge is 2.32. The van der Waals surface area contributed by atoms with E-state index in [2.05, 4.69) is 16.8 Å². The average molecular weight is 278 g/mol. The van der Waals surface area contributed by atoms with Crippen LogP contribution < -0.4 is 11.1 Å². The van der Waals surface area contributed by atoms with E-state index in [1.54, 1.807) is 0 Å². The Bertz CT molecular complexity index is 462. The van der Waals surface area contributed by atoms with Crippen LogP contribution in [0.2, 0.25) is 0 Å². The van der Waals surface area contributed by atoms with Crippen molar-refractivity contribution in [3.05, 3.63) is 21.9 Å². The standard InChI is InChI=1S/C15H22N2OS/c16-15(7-1-2-8-15)10-14(18)17-12-4-3-5-13-11(12)6-9-19-13/h6,9,12H,1-5,7-8,10,16H2,(H,17,18). The van der Waals surface area contributed by atoms with Crippen molar-refractivity contribution in [1.29, 1.82) is 0 Å². The molecule has 3 rings (SSSR count). The van der Waals surface area contributed by atoms with Crippen LogP contribution in [0.25, 0.3) is 0 Å².